The molecule has 1 aromatic carbocycles. The molecule has 3 nitrogen and oxygen atoms in total. The number of aliphatic hydroxyl groups excluding tert-OH is 1. The fraction of sp³-hybridized carbons (Fsp3) is 0.500. The first kappa shape index (κ1) is 15.0. The van der Waals surface area contributed by atoms with Crippen molar-refractivity contribution in [3.8, 4) is 0 Å². The van der Waals surface area contributed by atoms with Gasteiger partial charge in [-0.05, 0) is 30.0 Å². The molecule has 1 aromatic rings. The van der Waals surface area contributed by atoms with Crippen molar-refractivity contribution in [2.24, 2.45) is 5.41 Å². The second-order valence-corrected chi connectivity index (χ2v) is 6.06. The second kappa shape index (κ2) is 6.21. The minimum atomic E-state index is -0.239. The number of amides is 1. The van der Waals surface area contributed by atoms with Crippen molar-refractivity contribution in [3.05, 3.63) is 34.9 Å². The fourth-order valence-electron chi connectivity index (χ4n) is 1.80. The predicted molar refractivity (Wildman–Crippen MR) is 73.9 cm³/mol. The van der Waals surface area contributed by atoms with Gasteiger partial charge in [-0.15, -0.1) is 0 Å². The Labute approximate surface area is 113 Å². The Balaban J connectivity index is 2.68. The summed E-state index contributed by atoms with van der Waals surface area (Å²) in [4.78, 5) is 12.0. The minimum absolute atomic E-state index is 0.0506. The van der Waals surface area contributed by atoms with Gasteiger partial charge in [-0.3, -0.25) is 4.79 Å². The first-order chi connectivity index (χ1) is 8.31. The van der Waals surface area contributed by atoms with Gasteiger partial charge in [0.25, 0.3) is 5.91 Å². The number of hydrogen-bond donors (Lipinski definition) is 2. The average Bonchev–Trinajstić information content (AvgIpc) is 2.26. The molecule has 0 spiro atoms. The molecule has 1 atom stereocenters. The van der Waals surface area contributed by atoms with E-state index in [9.17, 15) is 9.90 Å². The topological polar surface area (TPSA) is 49.3 Å². The Bertz CT molecular complexity index is 413. The molecule has 0 aromatic heterocycles. The summed E-state index contributed by atoms with van der Waals surface area (Å²) in [6, 6.07) is 6.53. The van der Waals surface area contributed by atoms with E-state index in [4.69, 9.17) is 11.6 Å². The van der Waals surface area contributed by atoms with E-state index < -0.39 is 0 Å². The Morgan fingerprint density at radius 2 is 2.11 bits per heavy atom. The molecule has 4 heteroatoms. The molecule has 0 aliphatic carbocycles. The van der Waals surface area contributed by atoms with E-state index in [1.807, 2.05) is 0 Å². The van der Waals surface area contributed by atoms with Crippen molar-refractivity contribution in [3.63, 3.8) is 0 Å². The van der Waals surface area contributed by atoms with E-state index in [-0.39, 0.29) is 24.0 Å². The van der Waals surface area contributed by atoms with Gasteiger partial charge in [0.2, 0.25) is 0 Å². The number of carbonyl (C=O) groups excluding carboxylic acids is 1. The number of benzene rings is 1. The normalized spacial score (nSPS) is 13.2. The first-order valence-electron chi connectivity index (χ1n) is 5.99. The summed E-state index contributed by atoms with van der Waals surface area (Å²) in [7, 11) is 0. The van der Waals surface area contributed by atoms with Crippen LogP contribution in [0.2, 0.25) is 5.02 Å². The van der Waals surface area contributed by atoms with Crippen LogP contribution in [0.15, 0.2) is 24.3 Å². The highest BCUT2D eigenvalue weighted by Gasteiger charge is 2.20. The summed E-state index contributed by atoms with van der Waals surface area (Å²) in [6.45, 7) is 6.15. The van der Waals surface area contributed by atoms with Crippen molar-refractivity contribution in [2.45, 2.75) is 33.2 Å². The van der Waals surface area contributed by atoms with Gasteiger partial charge < -0.3 is 10.4 Å². The molecule has 2 N–H and O–H groups in total. The maximum atomic E-state index is 12.0. The zero-order valence-electron chi connectivity index (χ0n) is 11.0. The standard InChI is InChI=1S/C14H20ClNO2/c1-14(2,3)8-12(9-17)16-13(18)10-5-4-6-11(15)7-10/h4-7,12,17H,8-9H2,1-3H3,(H,16,18). The summed E-state index contributed by atoms with van der Waals surface area (Å²) >= 11 is 5.84. The maximum absolute atomic E-state index is 12.0. The average molecular weight is 270 g/mol. The Hall–Kier alpha value is -1.06. The molecule has 0 heterocycles. The molecule has 0 bridgehead atoms. The van der Waals surface area contributed by atoms with Crippen LogP contribution in [0.3, 0.4) is 0 Å². The number of nitrogens with one attached hydrogen (secondary N) is 1. The van der Waals surface area contributed by atoms with Crippen LogP contribution in [0.25, 0.3) is 0 Å². The molecule has 0 radical (unpaired) electrons. The molecule has 18 heavy (non-hydrogen) atoms. The third-order valence-corrected chi connectivity index (χ3v) is 2.74. The van der Waals surface area contributed by atoms with Gasteiger partial charge in [-0.1, -0.05) is 38.4 Å². The highest BCUT2D eigenvalue weighted by Crippen LogP contribution is 2.21. The lowest BCUT2D eigenvalue weighted by Crippen LogP contribution is -2.40. The monoisotopic (exact) mass is 269 g/mol. The third kappa shape index (κ3) is 5.07. The van der Waals surface area contributed by atoms with Crippen LogP contribution >= 0.6 is 11.6 Å². The van der Waals surface area contributed by atoms with E-state index in [0.29, 0.717) is 10.6 Å². The third-order valence-electron chi connectivity index (χ3n) is 2.50. The molecule has 1 amide bonds. The van der Waals surface area contributed by atoms with Gasteiger partial charge >= 0.3 is 0 Å². The number of rotatable bonds is 4. The van der Waals surface area contributed by atoms with E-state index in [1.165, 1.54) is 0 Å². The molecular formula is C14H20ClNO2. The molecule has 0 fully saturated rings. The lowest BCUT2D eigenvalue weighted by Gasteiger charge is -2.25. The van der Waals surface area contributed by atoms with Gasteiger partial charge in [-0.25, -0.2) is 0 Å². The van der Waals surface area contributed by atoms with Crippen molar-refractivity contribution in [1.82, 2.24) is 5.32 Å². The fourth-order valence-corrected chi connectivity index (χ4v) is 1.99. The van der Waals surface area contributed by atoms with Gasteiger partial charge in [-0.2, -0.15) is 0 Å². The van der Waals surface area contributed by atoms with Crippen LogP contribution in [-0.4, -0.2) is 23.7 Å². The van der Waals surface area contributed by atoms with E-state index in [1.54, 1.807) is 24.3 Å². The minimum Gasteiger partial charge on any atom is -0.394 e. The molecule has 1 unspecified atom stereocenters. The van der Waals surface area contributed by atoms with Crippen molar-refractivity contribution in [1.29, 1.82) is 0 Å². The lowest BCUT2D eigenvalue weighted by atomic mass is 9.88. The predicted octanol–water partition coefficient (Wildman–Crippen LogP) is 2.87. The molecule has 0 saturated carbocycles. The summed E-state index contributed by atoms with van der Waals surface area (Å²) < 4.78 is 0. The highest BCUT2D eigenvalue weighted by molar-refractivity contribution is 6.30. The molecule has 100 valence electrons. The smallest absolute Gasteiger partial charge is 0.251 e. The van der Waals surface area contributed by atoms with Crippen LogP contribution in [0.4, 0.5) is 0 Å². The van der Waals surface area contributed by atoms with Crippen LogP contribution in [0.1, 0.15) is 37.6 Å². The van der Waals surface area contributed by atoms with Crippen molar-refractivity contribution < 1.29 is 9.90 Å². The van der Waals surface area contributed by atoms with Gasteiger partial charge in [0.05, 0.1) is 12.6 Å². The molecule has 1 rings (SSSR count). The van der Waals surface area contributed by atoms with E-state index in [2.05, 4.69) is 26.1 Å². The van der Waals surface area contributed by atoms with E-state index >= 15 is 0 Å². The van der Waals surface area contributed by atoms with Crippen molar-refractivity contribution in [2.75, 3.05) is 6.61 Å². The Morgan fingerprint density at radius 3 is 2.61 bits per heavy atom. The molecular weight excluding hydrogens is 250 g/mol. The van der Waals surface area contributed by atoms with Gasteiger partial charge in [0, 0.05) is 10.6 Å². The second-order valence-electron chi connectivity index (χ2n) is 5.63. The molecule has 0 aliphatic rings. The van der Waals surface area contributed by atoms with Gasteiger partial charge in [0.15, 0.2) is 0 Å². The zero-order chi connectivity index (χ0) is 13.8. The van der Waals surface area contributed by atoms with Crippen LogP contribution in [0.5, 0.6) is 0 Å². The van der Waals surface area contributed by atoms with E-state index in [0.717, 1.165) is 6.42 Å². The summed E-state index contributed by atoms with van der Waals surface area (Å²) in [5, 5.41) is 12.6. The maximum Gasteiger partial charge on any atom is 0.251 e. The summed E-state index contributed by atoms with van der Waals surface area (Å²) in [5.74, 6) is -0.208. The molecule has 0 aliphatic heterocycles. The van der Waals surface area contributed by atoms with Crippen molar-refractivity contribution >= 4 is 17.5 Å². The largest absolute Gasteiger partial charge is 0.394 e. The lowest BCUT2D eigenvalue weighted by molar-refractivity contribution is 0.0897. The number of carbonyl (C=O) groups is 1. The first-order valence-corrected chi connectivity index (χ1v) is 6.37. The van der Waals surface area contributed by atoms with Gasteiger partial charge in [0.1, 0.15) is 0 Å². The van der Waals surface area contributed by atoms with Crippen LogP contribution in [-0.2, 0) is 0 Å². The Morgan fingerprint density at radius 1 is 1.44 bits per heavy atom. The highest BCUT2D eigenvalue weighted by atomic mass is 35.5. The Kier molecular flexibility index (Phi) is 5.17. The molecule has 0 saturated heterocycles. The zero-order valence-corrected chi connectivity index (χ0v) is 11.8. The number of halogens is 1. The number of aliphatic hydroxyl groups is 1. The summed E-state index contributed by atoms with van der Waals surface area (Å²) in [5.41, 5.74) is 0.560. The summed E-state index contributed by atoms with van der Waals surface area (Å²) in [6.07, 6.45) is 0.718. The SMILES string of the molecule is CC(C)(C)CC(CO)NC(=O)c1cccc(Cl)c1. The number of hydrogen-bond acceptors (Lipinski definition) is 2. The quantitative estimate of drug-likeness (QED) is 0.883. The van der Waals surface area contributed by atoms with Crippen LogP contribution in [0, 0.1) is 5.41 Å². The van der Waals surface area contributed by atoms with Crippen LogP contribution < -0.4 is 5.32 Å².